The van der Waals surface area contributed by atoms with Gasteiger partial charge in [-0.05, 0) is 118 Å². The largest absolute Gasteiger partial charge is 0.460 e. The van der Waals surface area contributed by atoms with Crippen LogP contribution in [0.1, 0.15) is 126 Å². The monoisotopic (exact) mass is 1100 g/mol. The van der Waals surface area contributed by atoms with E-state index in [0.717, 1.165) is 16.3 Å². The van der Waals surface area contributed by atoms with Crippen molar-refractivity contribution in [3.63, 3.8) is 0 Å². The van der Waals surface area contributed by atoms with Crippen LogP contribution in [-0.2, 0) is 62.5 Å². The van der Waals surface area contributed by atoms with Crippen LogP contribution in [0.4, 0.5) is 4.79 Å². The molecule has 0 aromatic heterocycles. The summed E-state index contributed by atoms with van der Waals surface area (Å²) in [4.78, 5) is 71.9. The molecule has 2 amide bonds. The number of fused-ring (bicyclic) bond motifs is 3. The molecule has 0 radical (unpaired) electrons. The molecule has 1 saturated carbocycles. The first-order valence-corrected chi connectivity index (χ1v) is 29.1. The molecule has 3 saturated heterocycles. The minimum atomic E-state index is -4.16. The average molecular weight is 1100 g/mol. The normalized spacial score (nSPS) is 37.5. The van der Waals surface area contributed by atoms with Crippen LogP contribution >= 0.6 is 0 Å². The zero-order valence-corrected chi connectivity index (χ0v) is 48.0. The number of nitrogens with zero attached hydrogens (tertiary/aromatic N) is 2. The molecule has 4 fully saturated rings. The Balaban J connectivity index is 1.42. The molecule has 4 heterocycles. The van der Waals surface area contributed by atoms with E-state index in [9.17, 15) is 42.6 Å². The van der Waals surface area contributed by atoms with Crippen LogP contribution in [0.3, 0.4) is 0 Å². The molecule has 1 aliphatic carbocycles. The number of esters is 1. The quantitative estimate of drug-likeness (QED) is 0.127. The molecule has 434 valence electrons. The first-order valence-electron chi connectivity index (χ1n) is 27.6. The van der Waals surface area contributed by atoms with E-state index in [0.29, 0.717) is 68.9 Å². The van der Waals surface area contributed by atoms with Gasteiger partial charge in [0, 0.05) is 65.6 Å². The first kappa shape index (κ1) is 63.7. The summed E-state index contributed by atoms with van der Waals surface area (Å²) in [6.45, 7) is 18.0. The number of allylic oxidation sites excluding steroid dienone is 6. The lowest BCUT2D eigenvalue weighted by molar-refractivity contribution is -0.265. The molecule has 0 spiro atoms. The zero-order chi connectivity index (χ0) is 56.8. The SMILES string of the molecule is C=C1[C@H](C)C[C@H](C)/C=C/C=C/C=C(\C)[C@@H](OC)C[C@@H]2CC[C@@H](C)[C@@](O)(O2)C(=O)C(=O)N2CCCC[C@H]2C(=O)O[C@H]([C@H](C)C[C@@H]2CC[C@@H](OC(=O)NS(=O)(=O)N3CCOCC3)[C@H](OC)C2)CC(=O)[C@H](C)/C=C(\C)[C@@H](O)[C@H]1OC. The van der Waals surface area contributed by atoms with Gasteiger partial charge in [-0.15, -0.1) is 0 Å². The molecular weight excluding hydrogens is 1010 g/mol. The summed E-state index contributed by atoms with van der Waals surface area (Å²) < 4.78 is 69.7. The van der Waals surface area contributed by atoms with Crippen molar-refractivity contribution >= 4 is 39.7 Å². The maximum Gasteiger partial charge on any atom is 0.422 e. The van der Waals surface area contributed by atoms with E-state index in [1.54, 1.807) is 34.0 Å². The summed E-state index contributed by atoms with van der Waals surface area (Å²) in [6, 6.07) is -1.20. The average Bonchev–Trinajstić information content (AvgIpc) is 3.40. The number of methoxy groups -OCH3 is 3. The molecule has 2 bridgehead atoms. The number of aliphatic hydroxyl groups excluding tert-OH is 1. The van der Waals surface area contributed by atoms with E-state index in [4.69, 9.17) is 33.2 Å². The predicted molar refractivity (Wildman–Crippen MR) is 288 cm³/mol. The fraction of sp³-hybridized carbons (Fsp3) is 0.737. The van der Waals surface area contributed by atoms with Crippen molar-refractivity contribution < 1.29 is 75.8 Å². The summed E-state index contributed by atoms with van der Waals surface area (Å²) in [5, 5.41) is 23.7. The number of morpholine rings is 1. The molecule has 15 atom stereocenters. The summed E-state index contributed by atoms with van der Waals surface area (Å²) in [6.07, 6.45) is 9.69. The van der Waals surface area contributed by atoms with Gasteiger partial charge >= 0.3 is 22.3 Å². The number of carbonyl (C=O) groups is 5. The Morgan fingerprint density at radius 3 is 2.27 bits per heavy atom. The number of aliphatic hydroxyl groups is 2. The van der Waals surface area contributed by atoms with Crippen molar-refractivity contribution in [2.45, 2.75) is 180 Å². The molecule has 0 unspecified atom stereocenters. The molecule has 0 aromatic rings. The highest BCUT2D eigenvalue weighted by molar-refractivity contribution is 7.87. The van der Waals surface area contributed by atoms with Gasteiger partial charge < -0.3 is 48.3 Å². The van der Waals surface area contributed by atoms with Gasteiger partial charge in [0.05, 0.1) is 31.5 Å². The highest BCUT2D eigenvalue weighted by Gasteiger charge is 2.53. The number of hydrogen-bond donors (Lipinski definition) is 3. The topological polar surface area (TPSA) is 243 Å². The zero-order valence-electron chi connectivity index (χ0n) is 47.2. The van der Waals surface area contributed by atoms with Gasteiger partial charge in [0.1, 0.15) is 36.2 Å². The smallest absolute Gasteiger partial charge is 0.422 e. The van der Waals surface area contributed by atoms with Crippen LogP contribution in [-0.4, -0.2) is 166 Å². The van der Waals surface area contributed by atoms with E-state index in [1.165, 1.54) is 19.1 Å². The number of piperidine rings is 1. The standard InChI is InChI=1S/C57H89N3O16S/c1-35-17-13-12-14-18-36(2)48(70-9)33-44-22-20-41(7)57(67,76-44)53(63)54(64)60-24-16-15-19-45(60)55(65)74-49(34-46(61)38(4)30-40(6)51(62)52(72-11)42(8)37(3)29-35)39(5)31-43-21-23-47(50(32-43)71-10)75-56(66)58-77(68,69)59-25-27-73-28-26-59/h12-14,17-18,30,35,37-39,41,43-45,47-52,62,67H,8,15-16,19-29,31-34H2,1-7,9-11H3,(H,58,66)/b14-12+,17-13+,36-18+,40-30+/t35-,37-,38-,39-,41-,43+,44+,45+,47-,48+,49+,50-,51-,52+,57-/m1/s1. The summed E-state index contributed by atoms with van der Waals surface area (Å²) >= 11 is 0. The molecule has 20 heteroatoms. The van der Waals surface area contributed by atoms with E-state index in [-0.39, 0.29) is 69.2 Å². The Morgan fingerprint density at radius 1 is 0.883 bits per heavy atom. The Labute approximate surface area is 457 Å². The number of carbonyl (C=O) groups excluding carboxylic acids is 5. The number of ketones is 2. The van der Waals surface area contributed by atoms with Crippen LogP contribution in [0, 0.1) is 35.5 Å². The third-order valence-electron chi connectivity index (χ3n) is 16.5. The van der Waals surface area contributed by atoms with E-state index >= 15 is 0 Å². The van der Waals surface area contributed by atoms with Crippen molar-refractivity contribution in [3.8, 4) is 0 Å². The van der Waals surface area contributed by atoms with Gasteiger partial charge in [-0.1, -0.05) is 77.7 Å². The Morgan fingerprint density at radius 2 is 1.60 bits per heavy atom. The third kappa shape index (κ3) is 17.2. The molecule has 0 aromatic carbocycles. The highest BCUT2D eigenvalue weighted by Crippen LogP contribution is 2.38. The number of cyclic esters (lactones) is 1. The molecule has 4 aliphatic heterocycles. The predicted octanol–water partition coefficient (Wildman–Crippen LogP) is 6.48. The number of rotatable bonds is 9. The Bertz CT molecular complexity index is 2280. The highest BCUT2D eigenvalue weighted by atomic mass is 32.2. The second-order valence-corrected chi connectivity index (χ2v) is 23.9. The second-order valence-electron chi connectivity index (χ2n) is 22.3. The van der Waals surface area contributed by atoms with Crippen LogP contribution < -0.4 is 4.72 Å². The van der Waals surface area contributed by atoms with Crippen LogP contribution in [0.2, 0.25) is 0 Å². The minimum Gasteiger partial charge on any atom is -0.460 e. The maximum absolute atomic E-state index is 14.6. The number of hydrogen-bond acceptors (Lipinski definition) is 16. The van der Waals surface area contributed by atoms with Crippen LogP contribution in [0.15, 0.2) is 59.8 Å². The van der Waals surface area contributed by atoms with E-state index in [1.807, 2.05) is 49.8 Å². The Hall–Kier alpha value is -4.12. The first-order chi connectivity index (χ1) is 36.4. The second kappa shape index (κ2) is 29.4. The van der Waals surface area contributed by atoms with Gasteiger partial charge in [-0.2, -0.15) is 12.7 Å². The van der Waals surface area contributed by atoms with Crippen molar-refractivity contribution in [2.75, 3.05) is 54.2 Å². The summed E-state index contributed by atoms with van der Waals surface area (Å²) in [7, 11) is 0.413. The molecular formula is C57H89N3O16S. The van der Waals surface area contributed by atoms with Gasteiger partial charge in [0.25, 0.3) is 11.7 Å². The molecule has 3 N–H and O–H groups in total. The Kier molecular flexibility index (Phi) is 24.3. The number of nitrogens with one attached hydrogen (secondary N) is 1. The van der Waals surface area contributed by atoms with Crippen molar-refractivity contribution in [3.05, 3.63) is 59.8 Å². The molecule has 77 heavy (non-hydrogen) atoms. The van der Waals surface area contributed by atoms with E-state index < -0.39 is 106 Å². The lowest BCUT2D eigenvalue weighted by Gasteiger charge is -2.42. The number of ether oxygens (including phenoxy) is 7. The summed E-state index contributed by atoms with van der Waals surface area (Å²) in [5.41, 5.74) is 2.09. The summed E-state index contributed by atoms with van der Waals surface area (Å²) in [5.74, 6) is -7.67. The molecule has 5 aliphatic rings. The van der Waals surface area contributed by atoms with Gasteiger partial charge in [-0.3, -0.25) is 14.4 Å². The van der Waals surface area contributed by atoms with Crippen molar-refractivity contribution in [2.24, 2.45) is 35.5 Å². The van der Waals surface area contributed by atoms with Crippen LogP contribution in [0.25, 0.3) is 0 Å². The van der Waals surface area contributed by atoms with Gasteiger partial charge in [0.15, 0.2) is 0 Å². The lowest BCUT2D eigenvalue weighted by Crippen LogP contribution is -2.61. The minimum absolute atomic E-state index is 0.0402. The van der Waals surface area contributed by atoms with Crippen molar-refractivity contribution in [1.29, 1.82) is 0 Å². The van der Waals surface area contributed by atoms with Gasteiger partial charge in [0.2, 0.25) is 5.79 Å². The number of amides is 2. The molecule has 5 rings (SSSR count). The van der Waals surface area contributed by atoms with E-state index in [2.05, 4.69) is 19.6 Å². The van der Waals surface area contributed by atoms with Crippen LogP contribution in [0.5, 0.6) is 0 Å². The van der Waals surface area contributed by atoms with Crippen molar-refractivity contribution in [1.82, 2.24) is 13.9 Å². The molecule has 19 nitrogen and oxygen atoms in total. The third-order valence-corrected chi connectivity index (χ3v) is 17.9. The lowest BCUT2D eigenvalue weighted by atomic mass is 9.78. The van der Waals surface area contributed by atoms with Gasteiger partial charge in [-0.25, -0.2) is 14.3 Å². The fourth-order valence-electron chi connectivity index (χ4n) is 11.5. The number of Topliss-reactive ketones (excluding diaryl/α,β-unsaturated/α-hetero) is 2. The maximum atomic E-state index is 14.6. The fourth-order valence-corrected chi connectivity index (χ4v) is 12.5.